The number of hydrogen-bond donors (Lipinski definition) is 9. The SMILES string of the molecule is CCCn1c(=O)c2[nH]c(-c3ccc(S(=O)(=O)N(C)CCN(C)C)cc3)nc2n(CCC)c1=O.CCCn1c(=O)c2[nH]c(-c3ccc(S(=O)(=O)[O-])cc3)nc2n(CC)c1=O.CCn1c(=O)c2[nH]c(-c3ccc(OCC(=O)NCCN)cc3)nc2n(CC)c1=O.Cn1c(=O)c2c(nc(-c3ccc(S(=O)(=O)[O-])cc3)n2C)n(C)c1=O.O=c1[nH]c(=O)c2nc3ccccc3nc2[nH]1.O=c1[nH]c(=O)c2nc3ccccc3nc2[nH]1. The number of nitrogens with two attached hydrogens (primary N) is 1. The predicted molar refractivity (Wildman–Crippen MR) is 533 cm³/mol. The molecule has 0 unspecified atom stereocenters. The lowest BCUT2D eigenvalue weighted by Crippen LogP contribution is -2.40. The van der Waals surface area contributed by atoms with Gasteiger partial charge in [0.05, 0.1) is 36.8 Å². The number of aromatic amines is 7. The summed E-state index contributed by atoms with van der Waals surface area (Å²) in [5.41, 5.74) is 7.39. The molecule has 10 N–H and O–H groups in total. The Kier molecular flexibility index (Phi) is 32.0. The Bertz CT molecular complexity index is 9000. The van der Waals surface area contributed by atoms with Gasteiger partial charge in [0.1, 0.15) is 65.8 Å². The van der Waals surface area contributed by atoms with E-state index in [9.17, 15) is 96.7 Å². The first-order valence-corrected chi connectivity index (χ1v) is 48.9. The van der Waals surface area contributed by atoms with Gasteiger partial charge in [-0.15, -0.1) is 0 Å². The van der Waals surface area contributed by atoms with E-state index in [1.165, 1.54) is 116 Å². The number of aromatic nitrogens is 24. The standard InChI is InChI=1S/C22H32N6O4S.C19H24N6O4.C16H18N4O5S.C14H14N4O5S.2C10H6N4O2/c1-6-12-27-20-18(21(29)28(13-7-2)22(27)30)23-19(24-20)16-8-10-17(11-9-16)33(31,32)26(5)15-14-25(3)4;1-3-24-17-15(18(27)25(4-2)19(24)28)22-16(23-17)12-5-7-13(8-6-12)29-11-14(26)21-10-9-20;1-3-9-20-15(21)12-14(19(4-2)16(20)22)18-13(17-12)10-5-7-11(8-6-10)26(23,24)25;1-16-10-12(17(2)14(20)18(3)13(10)19)15-11(16)8-4-6-9(7-5-8)24(21,22)23;2*15-9-7-8(13-10(16)14-9)12-6-4-2-1-3-5(6)11-7/h8-11H,6-7,12-15H2,1-5H3,(H,23,24);5-8H,3-4,9-11,20H2,1-2H3,(H,21,26)(H,22,23);5-8H,3-4,9H2,1-2H3,(H,17,18)(H,23,24,25);4-7H,1-3H3,(H,21,22,23);2*1-4H,(H2,12,13,14,15,16)/p-2. The van der Waals surface area contributed by atoms with Gasteiger partial charge in [-0.3, -0.25) is 90.0 Å². The van der Waals surface area contributed by atoms with Crippen molar-refractivity contribution in [3.8, 4) is 51.3 Å². The number of para-hydroxylation sites is 4. The summed E-state index contributed by atoms with van der Waals surface area (Å²) in [4.78, 5) is 211. The molecule has 53 heteroatoms. The van der Waals surface area contributed by atoms with Gasteiger partial charge < -0.3 is 49.3 Å². The Balaban J connectivity index is 0.000000147. The van der Waals surface area contributed by atoms with Crippen molar-refractivity contribution < 1.29 is 43.9 Å². The van der Waals surface area contributed by atoms with Crippen molar-refractivity contribution in [2.75, 3.05) is 53.9 Å². The summed E-state index contributed by atoms with van der Waals surface area (Å²) in [5.74, 6) is 1.83. The summed E-state index contributed by atoms with van der Waals surface area (Å²) in [7, 11) is -2.86. The molecule has 0 spiro atoms. The molecule has 18 aromatic rings. The number of imidazole rings is 4. The highest BCUT2D eigenvalue weighted by molar-refractivity contribution is 7.89. The number of nitrogens with zero attached hydrogens (tertiary/aromatic N) is 19. The fourth-order valence-corrected chi connectivity index (χ4v) is 17.1. The number of aryl methyl sites for hydroxylation is 5. The number of carbonyl (C=O) groups excluding carboxylic acids is 1. The van der Waals surface area contributed by atoms with Crippen LogP contribution in [0.4, 0.5) is 0 Å². The largest absolute Gasteiger partial charge is 0.744 e. The molecule has 0 radical (unpaired) electrons. The van der Waals surface area contributed by atoms with Gasteiger partial charge in [-0.2, -0.15) is 4.31 Å². The van der Waals surface area contributed by atoms with Crippen molar-refractivity contribution in [2.24, 2.45) is 26.9 Å². The minimum Gasteiger partial charge on any atom is -0.744 e. The number of carbonyl (C=O) groups is 1. The Hall–Kier alpha value is -16.6. The van der Waals surface area contributed by atoms with Gasteiger partial charge in [0.15, 0.2) is 57.0 Å². The van der Waals surface area contributed by atoms with E-state index in [2.05, 4.69) is 80.1 Å². The van der Waals surface area contributed by atoms with Crippen molar-refractivity contribution in [3.05, 3.63) is 271 Å². The number of sulfonamides is 1. The highest BCUT2D eigenvalue weighted by atomic mass is 32.2. The number of rotatable bonds is 25. The molecular weight excluding hydrogens is 1930 g/mol. The minimum atomic E-state index is -4.54. The van der Waals surface area contributed by atoms with Crippen LogP contribution >= 0.6 is 0 Å². The van der Waals surface area contributed by atoms with Gasteiger partial charge in [-0.05, 0) is 151 Å². The lowest BCUT2D eigenvalue weighted by Gasteiger charge is -2.19. The van der Waals surface area contributed by atoms with Gasteiger partial charge in [0.25, 0.3) is 39.3 Å². The monoisotopic (exact) mass is 2030 g/mol. The summed E-state index contributed by atoms with van der Waals surface area (Å²) < 4.78 is 110. The maximum Gasteiger partial charge on any atom is 0.332 e. The Labute approximate surface area is 812 Å². The zero-order valence-corrected chi connectivity index (χ0v) is 82.0. The van der Waals surface area contributed by atoms with E-state index in [0.29, 0.717) is 156 Å². The molecule has 0 saturated heterocycles. The highest BCUT2D eigenvalue weighted by Crippen LogP contribution is 2.28. The van der Waals surface area contributed by atoms with E-state index in [-0.39, 0.29) is 101 Å². The smallest absolute Gasteiger partial charge is 0.332 e. The molecule has 0 bridgehead atoms. The molecule has 0 aliphatic heterocycles. The van der Waals surface area contributed by atoms with Crippen molar-refractivity contribution in [3.63, 3.8) is 0 Å². The summed E-state index contributed by atoms with van der Waals surface area (Å²) in [6.45, 7) is 14.9. The first-order valence-electron chi connectivity index (χ1n) is 44.6. The second-order valence-electron chi connectivity index (χ2n) is 32.4. The average Bonchev–Trinajstić information content (AvgIpc) is 1.46. The second-order valence-corrected chi connectivity index (χ2v) is 37.2. The number of likely N-dealkylation sites (N-methyl/N-ethyl adjacent to an activating group) is 2. The van der Waals surface area contributed by atoms with Crippen molar-refractivity contribution in [1.82, 2.24) is 130 Å². The van der Waals surface area contributed by atoms with E-state index in [1.807, 2.05) is 71.0 Å². The fourth-order valence-electron chi connectivity index (χ4n) is 15.0. The van der Waals surface area contributed by atoms with E-state index in [1.54, 1.807) is 88.6 Å². The van der Waals surface area contributed by atoms with Crippen LogP contribution in [-0.4, -0.2) is 219 Å². The number of H-pyrrole nitrogens is 7. The van der Waals surface area contributed by atoms with Crippen LogP contribution in [0.1, 0.15) is 60.8 Å². The number of ether oxygens (including phenoxy) is 1. The average molecular weight is 2030 g/mol. The van der Waals surface area contributed by atoms with Gasteiger partial charge in [-0.1, -0.05) is 69.3 Å². The third-order valence-corrected chi connectivity index (χ3v) is 25.9. The fraction of sp³-hybridized carbons (Fsp3) is 0.286. The number of nitrogens with one attached hydrogen (secondary N) is 8. The molecule has 1 amide bonds. The van der Waals surface area contributed by atoms with Crippen LogP contribution in [0.5, 0.6) is 5.75 Å². The molecule has 18 rings (SSSR count). The molecule has 6 aromatic carbocycles. The van der Waals surface area contributed by atoms with Crippen molar-refractivity contribution in [2.45, 2.75) is 115 Å². The number of hydrogen-bond acceptors (Lipinski definition) is 32. The Morgan fingerprint density at radius 1 is 0.403 bits per heavy atom. The topological polar surface area (TPSA) is 682 Å². The number of amides is 1. The zero-order valence-electron chi connectivity index (χ0n) is 79.5. The van der Waals surface area contributed by atoms with Crippen molar-refractivity contribution >= 4 is 125 Å². The molecule has 50 nitrogen and oxygen atoms in total. The Morgan fingerprint density at radius 3 is 1.18 bits per heavy atom. The molecule has 0 aliphatic rings. The van der Waals surface area contributed by atoms with Crippen LogP contribution in [0, 0.1) is 0 Å². The minimum absolute atomic E-state index is 0.108. The maximum absolute atomic E-state index is 12.9. The third kappa shape index (κ3) is 22.4. The molecule has 0 atom stereocenters. The van der Waals surface area contributed by atoms with Gasteiger partial charge in [0, 0.05) is 116 Å². The summed E-state index contributed by atoms with van der Waals surface area (Å²) in [5, 5.41) is 2.62. The van der Waals surface area contributed by atoms with Crippen LogP contribution in [0.3, 0.4) is 0 Å². The Morgan fingerprint density at radius 2 is 0.778 bits per heavy atom. The van der Waals surface area contributed by atoms with E-state index >= 15 is 0 Å². The normalized spacial score (nSPS) is 11.6. The lowest BCUT2D eigenvalue weighted by atomic mass is 10.2. The van der Waals surface area contributed by atoms with Gasteiger partial charge >= 0.3 is 34.1 Å². The van der Waals surface area contributed by atoms with Gasteiger partial charge in [0.2, 0.25) is 10.0 Å². The maximum atomic E-state index is 12.9. The zero-order chi connectivity index (χ0) is 104. The summed E-state index contributed by atoms with van der Waals surface area (Å²) in [6, 6.07) is 38.0. The van der Waals surface area contributed by atoms with E-state index < -0.39 is 80.8 Å². The van der Waals surface area contributed by atoms with Crippen LogP contribution < -0.4 is 83.3 Å². The molecule has 144 heavy (non-hydrogen) atoms. The van der Waals surface area contributed by atoms with Crippen LogP contribution in [0.25, 0.3) is 135 Å². The first-order chi connectivity index (χ1) is 68.5. The molecular formula is C91H98N28O22S3-2. The molecule has 12 aromatic heterocycles. The highest BCUT2D eigenvalue weighted by Gasteiger charge is 2.26. The number of benzene rings is 6. The second kappa shape index (κ2) is 44.1. The van der Waals surface area contributed by atoms with Gasteiger partial charge in [-0.25, -0.2) is 93.9 Å². The molecule has 0 saturated carbocycles. The lowest BCUT2D eigenvalue weighted by molar-refractivity contribution is -0.123. The third-order valence-electron chi connectivity index (χ3n) is 22.3. The van der Waals surface area contributed by atoms with E-state index in [4.69, 9.17) is 10.5 Å². The van der Waals surface area contributed by atoms with Crippen LogP contribution in [-0.2, 0) is 95.5 Å². The molecule has 754 valence electrons. The molecule has 0 fully saturated rings. The molecule has 0 aliphatic carbocycles. The van der Waals surface area contributed by atoms with Crippen LogP contribution in [0.15, 0.2) is 218 Å². The number of fused-ring (bicyclic) bond motifs is 8. The van der Waals surface area contributed by atoms with Crippen molar-refractivity contribution in [1.29, 1.82) is 0 Å². The first kappa shape index (κ1) is 105. The van der Waals surface area contributed by atoms with Crippen LogP contribution in [0.2, 0.25) is 0 Å². The predicted octanol–water partition coefficient (Wildman–Crippen LogP) is 2.35. The summed E-state index contributed by atoms with van der Waals surface area (Å²) in [6.07, 6.45) is 2.01. The molecule has 12 heterocycles. The quantitative estimate of drug-likeness (QED) is 0.0293. The van der Waals surface area contributed by atoms with E-state index in [0.717, 1.165) is 16.6 Å². The summed E-state index contributed by atoms with van der Waals surface area (Å²) >= 11 is 0.